The predicted molar refractivity (Wildman–Crippen MR) is 81.8 cm³/mol. The van der Waals surface area contributed by atoms with Gasteiger partial charge in [-0.1, -0.05) is 24.3 Å². The smallest absolute Gasteiger partial charge is 0.256 e. The van der Waals surface area contributed by atoms with E-state index < -0.39 is 11.1 Å². The monoisotopic (exact) mass is 297 g/mol. The standard InChI is InChI=1S/C16H11NO3S/c18-16-13-4-2-1-3-12(13)14-8-9-7-10(21(19)20)5-6-11(9)15(14)17-16/h1-7H,8H2,(H,17,18)(H,19,20). The number of benzene rings is 2. The van der Waals surface area contributed by atoms with Gasteiger partial charge >= 0.3 is 0 Å². The van der Waals surface area contributed by atoms with Crippen molar-refractivity contribution in [3.05, 3.63) is 63.9 Å². The topological polar surface area (TPSA) is 70.2 Å². The van der Waals surface area contributed by atoms with Gasteiger partial charge in [-0.2, -0.15) is 0 Å². The lowest BCUT2D eigenvalue weighted by molar-refractivity contribution is 0.564. The van der Waals surface area contributed by atoms with Gasteiger partial charge in [0.1, 0.15) is 0 Å². The van der Waals surface area contributed by atoms with E-state index in [0.29, 0.717) is 16.7 Å². The Bertz CT molecular complexity index is 975. The van der Waals surface area contributed by atoms with Crippen molar-refractivity contribution < 1.29 is 8.76 Å². The average Bonchev–Trinajstić information content (AvgIpc) is 2.85. The Kier molecular flexibility index (Phi) is 2.60. The zero-order valence-electron chi connectivity index (χ0n) is 10.9. The molecule has 4 nitrogen and oxygen atoms in total. The SMILES string of the molecule is O=c1[nH]c2c(c3ccccc13)Cc1cc(S(=O)O)ccc1-2. The van der Waals surface area contributed by atoms with Gasteiger partial charge in [0, 0.05) is 17.4 Å². The van der Waals surface area contributed by atoms with Crippen LogP contribution in [0.3, 0.4) is 0 Å². The van der Waals surface area contributed by atoms with Crippen LogP contribution in [-0.2, 0) is 17.5 Å². The Balaban J connectivity index is 2.03. The molecule has 0 aliphatic heterocycles. The molecule has 1 aliphatic rings. The summed E-state index contributed by atoms with van der Waals surface area (Å²) in [6.07, 6.45) is 0.660. The van der Waals surface area contributed by atoms with Crippen LogP contribution in [0, 0.1) is 0 Å². The Labute approximate surface area is 122 Å². The van der Waals surface area contributed by atoms with Crippen LogP contribution in [0.1, 0.15) is 11.1 Å². The van der Waals surface area contributed by atoms with Gasteiger partial charge in [-0.15, -0.1) is 0 Å². The quantitative estimate of drug-likeness (QED) is 0.531. The highest BCUT2D eigenvalue weighted by Gasteiger charge is 2.23. The van der Waals surface area contributed by atoms with Crippen molar-refractivity contribution in [2.45, 2.75) is 11.3 Å². The summed E-state index contributed by atoms with van der Waals surface area (Å²) in [4.78, 5) is 15.5. The van der Waals surface area contributed by atoms with Gasteiger partial charge < -0.3 is 9.54 Å². The first kappa shape index (κ1) is 12.5. The molecule has 0 radical (unpaired) electrons. The molecule has 104 valence electrons. The number of rotatable bonds is 1. The third-order valence-corrected chi connectivity index (χ3v) is 4.61. The molecule has 21 heavy (non-hydrogen) atoms. The molecule has 1 heterocycles. The maximum Gasteiger partial charge on any atom is 0.256 e. The number of hydrogen-bond acceptors (Lipinski definition) is 2. The lowest BCUT2D eigenvalue weighted by Gasteiger charge is -2.05. The van der Waals surface area contributed by atoms with Crippen molar-refractivity contribution in [1.82, 2.24) is 4.98 Å². The summed E-state index contributed by atoms with van der Waals surface area (Å²) < 4.78 is 20.4. The number of hydrogen-bond donors (Lipinski definition) is 2. The van der Waals surface area contributed by atoms with E-state index in [1.807, 2.05) is 24.3 Å². The second-order valence-electron chi connectivity index (χ2n) is 5.10. The molecule has 1 atom stereocenters. The predicted octanol–water partition coefficient (Wildman–Crippen LogP) is 2.68. The zero-order valence-corrected chi connectivity index (χ0v) is 11.7. The van der Waals surface area contributed by atoms with Crippen LogP contribution in [0.5, 0.6) is 0 Å². The molecule has 1 unspecified atom stereocenters. The van der Waals surface area contributed by atoms with Gasteiger partial charge in [0.25, 0.3) is 5.56 Å². The Morgan fingerprint density at radius 3 is 2.62 bits per heavy atom. The van der Waals surface area contributed by atoms with Crippen molar-refractivity contribution in [1.29, 1.82) is 0 Å². The zero-order chi connectivity index (χ0) is 14.6. The number of pyridine rings is 1. The van der Waals surface area contributed by atoms with Crippen LogP contribution < -0.4 is 5.56 Å². The lowest BCUT2D eigenvalue weighted by atomic mass is 10.0. The van der Waals surface area contributed by atoms with E-state index in [2.05, 4.69) is 4.98 Å². The van der Waals surface area contributed by atoms with E-state index in [0.717, 1.165) is 27.8 Å². The number of aromatic nitrogens is 1. The molecule has 3 aromatic rings. The van der Waals surface area contributed by atoms with E-state index in [1.54, 1.807) is 18.2 Å². The van der Waals surface area contributed by atoms with E-state index >= 15 is 0 Å². The molecule has 1 aromatic heterocycles. The summed E-state index contributed by atoms with van der Waals surface area (Å²) in [5, 5.41) is 1.62. The maximum atomic E-state index is 12.2. The summed E-state index contributed by atoms with van der Waals surface area (Å²) in [6.45, 7) is 0. The van der Waals surface area contributed by atoms with Crippen molar-refractivity contribution in [2.75, 3.05) is 0 Å². The largest absolute Gasteiger partial charge is 0.321 e. The van der Waals surface area contributed by atoms with Crippen molar-refractivity contribution in [2.24, 2.45) is 0 Å². The number of aromatic amines is 1. The summed E-state index contributed by atoms with van der Waals surface area (Å²) in [7, 11) is 0. The van der Waals surface area contributed by atoms with Gasteiger partial charge in [-0.05, 0) is 34.7 Å². The number of fused-ring (bicyclic) bond motifs is 5. The van der Waals surface area contributed by atoms with Crippen molar-refractivity contribution >= 4 is 21.9 Å². The first-order valence-electron chi connectivity index (χ1n) is 6.53. The molecule has 2 aromatic carbocycles. The molecule has 4 rings (SSSR count). The number of H-pyrrole nitrogens is 1. The first-order valence-corrected chi connectivity index (χ1v) is 7.64. The highest BCUT2D eigenvalue weighted by atomic mass is 32.2. The summed E-state index contributed by atoms with van der Waals surface area (Å²) >= 11 is -1.99. The van der Waals surface area contributed by atoms with E-state index in [9.17, 15) is 13.6 Å². The van der Waals surface area contributed by atoms with Gasteiger partial charge in [-0.3, -0.25) is 4.79 Å². The molecule has 0 bridgehead atoms. The molecule has 0 saturated carbocycles. The minimum atomic E-state index is -1.99. The Morgan fingerprint density at radius 1 is 1.10 bits per heavy atom. The molecular weight excluding hydrogens is 286 g/mol. The summed E-state index contributed by atoms with van der Waals surface area (Å²) in [6, 6.07) is 12.7. The molecule has 1 aliphatic carbocycles. The summed E-state index contributed by atoms with van der Waals surface area (Å²) in [5.74, 6) is 0. The maximum absolute atomic E-state index is 12.2. The molecule has 0 amide bonds. The Morgan fingerprint density at radius 2 is 1.86 bits per heavy atom. The van der Waals surface area contributed by atoms with E-state index in [4.69, 9.17) is 0 Å². The van der Waals surface area contributed by atoms with Crippen LogP contribution >= 0.6 is 0 Å². The fourth-order valence-corrected chi connectivity index (χ4v) is 3.44. The molecule has 2 N–H and O–H groups in total. The van der Waals surface area contributed by atoms with Crippen LogP contribution in [0.15, 0.2) is 52.2 Å². The first-order chi connectivity index (χ1) is 10.1. The average molecular weight is 297 g/mol. The summed E-state index contributed by atoms with van der Waals surface area (Å²) in [5.41, 5.74) is 3.69. The second kappa shape index (κ2) is 4.38. The highest BCUT2D eigenvalue weighted by Crippen LogP contribution is 2.38. The van der Waals surface area contributed by atoms with Gasteiger partial charge in [-0.25, -0.2) is 4.21 Å². The molecule has 0 spiro atoms. The van der Waals surface area contributed by atoms with Crippen molar-refractivity contribution in [3.63, 3.8) is 0 Å². The van der Waals surface area contributed by atoms with E-state index in [1.165, 1.54) is 0 Å². The van der Waals surface area contributed by atoms with Crippen LogP contribution in [0.4, 0.5) is 0 Å². The lowest BCUT2D eigenvalue weighted by Crippen LogP contribution is -2.08. The highest BCUT2D eigenvalue weighted by molar-refractivity contribution is 7.79. The van der Waals surface area contributed by atoms with Crippen LogP contribution in [-0.4, -0.2) is 13.7 Å². The molecular formula is C16H11NO3S. The van der Waals surface area contributed by atoms with Crippen LogP contribution in [0.25, 0.3) is 22.0 Å². The van der Waals surface area contributed by atoms with Gasteiger partial charge in [0.05, 0.1) is 10.6 Å². The molecule has 0 saturated heterocycles. The minimum Gasteiger partial charge on any atom is -0.321 e. The second-order valence-corrected chi connectivity index (χ2v) is 6.07. The minimum absolute atomic E-state index is 0.105. The fourth-order valence-electron chi connectivity index (χ4n) is 3.01. The Hall–Kier alpha value is -2.24. The van der Waals surface area contributed by atoms with Gasteiger partial charge in [0.2, 0.25) is 0 Å². The fraction of sp³-hybridized carbons (Fsp3) is 0.0625. The van der Waals surface area contributed by atoms with Crippen LogP contribution in [0.2, 0.25) is 0 Å². The normalized spacial score (nSPS) is 14.0. The third-order valence-electron chi connectivity index (χ3n) is 3.95. The van der Waals surface area contributed by atoms with E-state index in [-0.39, 0.29) is 5.56 Å². The molecule has 0 fully saturated rings. The van der Waals surface area contributed by atoms with Crippen molar-refractivity contribution in [3.8, 4) is 11.3 Å². The third kappa shape index (κ3) is 1.78. The van der Waals surface area contributed by atoms with Gasteiger partial charge in [0.15, 0.2) is 11.1 Å². The molecule has 5 heteroatoms. The number of nitrogens with one attached hydrogen (secondary N) is 1.